The average Bonchev–Trinajstić information content (AvgIpc) is 3.14. The van der Waals surface area contributed by atoms with Crippen LogP contribution in [0.25, 0.3) is 11.0 Å². The summed E-state index contributed by atoms with van der Waals surface area (Å²) in [4.78, 5) is 25.6. The minimum Gasteiger partial charge on any atom is -0.497 e. The summed E-state index contributed by atoms with van der Waals surface area (Å²) in [6.07, 6.45) is 0. The molecule has 0 fully saturated rings. The Morgan fingerprint density at radius 1 is 0.938 bits per heavy atom. The third-order valence-electron chi connectivity index (χ3n) is 5.16. The molecule has 32 heavy (non-hydrogen) atoms. The van der Waals surface area contributed by atoms with Crippen LogP contribution in [-0.4, -0.2) is 25.9 Å². The van der Waals surface area contributed by atoms with E-state index in [0.29, 0.717) is 39.5 Å². The number of benzene rings is 3. The molecule has 1 N–H and O–H groups in total. The van der Waals surface area contributed by atoms with Gasteiger partial charge in [0, 0.05) is 28.3 Å². The lowest BCUT2D eigenvalue weighted by atomic mass is 10.0. The van der Waals surface area contributed by atoms with Gasteiger partial charge in [-0.25, -0.2) is 4.39 Å². The first-order valence-electron chi connectivity index (χ1n) is 9.78. The largest absolute Gasteiger partial charge is 0.497 e. The molecule has 0 atom stereocenters. The van der Waals surface area contributed by atoms with E-state index in [4.69, 9.17) is 13.9 Å². The van der Waals surface area contributed by atoms with E-state index in [0.717, 1.165) is 5.39 Å². The number of halogens is 1. The SMILES string of the molecule is COc1ccc(OC)c(C(=O)c2oc3cc(NC(=O)c4ccc(F)cc4)ccc3c2C)c1. The number of ketones is 1. The number of carbonyl (C=O) groups is 2. The number of aryl methyl sites for hydroxylation is 1. The second-order valence-corrected chi connectivity index (χ2v) is 7.12. The number of carbonyl (C=O) groups excluding carboxylic acids is 2. The van der Waals surface area contributed by atoms with Crippen molar-refractivity contribution in [3.63, 3.8) is 0 Å². The van der Waals surface area contributed by atoms with Gasteiger partial charge in [-0.15, -0.1) is 0 Å². The Morgan fingerprint density at radius 2 is 1.69 bits per heavy atom. The number of methoxy groups -OCH3 is 2. The van der Waals surface area contributed by atoms with Crippen molar-refractivity contribution in [3.8, 4) is 11.5 Å². The monoisotopic (exact) mass is 433 g/mol. The van der Waals surface area contributed by atoms with E-state index in [1.54, 1.807) is 43.3 Å². The number of furan rings is 1. The molecule has 0 radical (unpaired) electrons. The van der Waals surface area contributed by atoms with E-state index in [2.05, 4.69) is 5.32 Å². The standard InChI is InChI=1S/C25H20FNO5/c1-14-19-10-8-17(27-25(29)15-4-6-16(26)7-5-15)12-22(19)32-24(14)23(28)20-13-18(30-2)9-11-21(20)31-3/h4-13H,1-3H3,(H,27,29). The van der Waals surface area contributed by atoms with Gasteiger partial charge < -0.3 is 19.2 Å². The number of ether oxygens (including phenoxy) is 2. The quantitative estimate of drug-likeness (QED) is 0.413. The molecule has 4 rings (SSSR count). The summed E-state index contributed by atoms with van der Waals surface area (Å²) in [5, 5.41) is 3.50. The summed E-state index contributed by atoms with van der Waals surface area (Å²) >= 11 is 0. The van der Waals surface area contributed by atoms with Gasteiger partial charge in [-0.05, 0) is 61.5 Å². The van der Waals surface area contributed by atoms with Gasteiger partial charge in [0.2, 0.25) is 5.78 Å². The minimum absolute atomic E-state index is 0.175. The number of hydrogen-bond donors (Lipinski definition) is 1. The number of amides is 1. The number of hydrogen-bond acceptors (Lipinski definition) is 5. The number of fused-ring (bicyclic) bond motifs is 1. The van der Waals surface area contributed by atoms with Gasteiger partial charge in [0.15, 0.2) is 5.76 Å². The van der Waals surface area contributed by atoms with Gasteiger partial charge in [-0.2, -0.15) is 0 Å². The van der Waals surface area contributed by atoms with Crippen molar-refractivity contribution >= 4 is 28.3 Å². The van der Waals surface area contributed by atoms with Crippen molar-refractivity contribution in [3.05, 3.63) is 88.9 Å². The van der Waals surface area contributed by atoms with Crippen LogP contribution >= 0.6 is 0 Å². The van der Waals surface area contributed by atoms with E-state index in [-0.39, 0.29) is 17.5 Å². The summed E-state index contributed by atoms with van der Waals surface area (Å²) in [6.45, 7) is 1.79. The molecule has 0 saturated carbocycles. The van der Waals surface area contributed by atoms with E-state index in [1.807, 2.05) is 0 Å². The molecule has 0 aliphatic heterocycles. The number of rotatable bonds is 6. The maximum absolute atomic E-state index is 13.2. The van der Waals surface area contributed by atoms with Crippen LogP contribution in [0.5, 0.6) is 11.5 Å². The first-order valence-corrected chi connectivity index (χ1v) is 9.78. The molecule has 7 heteroatoms. The topological polar surface area (TPSA) is 77.8 Å². The van der Waals surface area contributed by atoms with Gasteiger partial charge >= 0.3 is 0 Å². The Labute approximate surface area is 183 Å². The molecular weight excluding hydrogens is 413 g/mol. The highest BCUT2D eigenvalue weighted by Crippen LogP contribution is 2.32. The van der Waals surface area contributed by atoms with Gasteiger partial charge in [-0.3, -0.25) is 9.59 Å². The maximum Gasteiger partial charge on any atom is 0.255 e. The molecule has 0 unspecified atom stereocenters. The Kier molecular flexibility index (Phi) is 5.64. The molecule has 162 valence electrons. The zero-order valence-electron chi connectivity index (χ0n) is 17.7. The smallest absolute Gasteiger partial charge is 0.255 e. The molecule has 0 bridgehead atoms. The zero-order valence-corrected chi connectivity index (χ0v) is 17.7. The second kappa shape index (κ2) is 8.55. The van der Waals surface area contributed by atoms with Crippen LogP contribution < -0.4 is 14.8 Å². The lowest BCUT2D eigenvalue weighted by Gasteiger charge is -2.08. The lowest BCUT2D eigenvalue weighted by Crippen LogP contribution is -2.11. The van der Waals surface area contributed by atoms with Crippen molar-refractivity contribution in [2.45, 2.75) is 6.92 Å². The first kappa shape index (κ1) is 21.1. The third kappa shape index (κ3) is 3.92. The molecule has 4 aromatic rings. The fourth-order valence-electron chi connectivity index (χ4n) is 3.44. The van der Waals surface area contributed by atoms with Gasteiger partial charge in [0.25, 0.3) is 5.91 Å². The van der Waals surface area contributed by atoms with Crippen molar-refractivity contribution < 1.29 is 27.9 Å². The summed E-state index contributed by atoms with van der Waals surface area (Å²) in [5.74, 6) is -0.0412. The Bertz CT molecular complexity index is 1320. The minimum atomic E-state index is -0.418. The van der Waals surface area contributed by atoms with Crippen LogP contribution in [0, 0.1) is 12.7 Å². The lowest BCUT2D eigenvalue weighted by molar-refractivity contribution is 0.100. The highest BCUT2D eigenvalue weighted by molar-refractivity contribution is 6.12. The highest BCUT2D eigenvalue weighted by Gasteiger charge is 2.23. The van der Waals surface area contributed by atoms with Crippen molar-refractivity contribution in [1.82, 2.24) is 0 Å². The molecule has 1 aromatic heterocycles. The van der Waals surface area contributed by atoms with Crippen LogP contribution in [0.15, 0.2) is 65.1 Å². The summed E-state index contributed by atoms with van der Waals surface area (Å²) in [5.41, 5.74) is 2.25. The Hall–Kier alpha value is -4.13. The molecular formula is C25H20FNO5. The van der Waals surface area contributed by atoms with Crippen LogP contribution in [0.1, 0.15) is 32.0 Å². The summed E-state index contributed by atoms with van der Waals surface area (Å²) in [7, 11) is 3.00. The van der Waals surface area contributed by atoms with Gasteiger partial charge in [0.1, 0.15) is 22.9 Å². The molecule has 0 spiro atoms. The van der Waals surface area contributed by atoms with Crippen LogP contribution in [0.3, 0.4) is 0 Å². The molecule has 0 aliphatic rings. The van der Waals surface area contributed by atoms with E-state index < -0.39 is 5.82 Å². The van der Waals surface area contributed by atoms with Crippen molar-refractivity contribution in [2.24, 2.45) is 0 Å². The van der Waals surface area contributed by atoms with E-state index in [1.165, 1.54) is 38.5 Å². The number of nitrogens with one attached hydrogen (secondary N) is 1. The fourth-order valence-corrected chi connectivity index (χ4v) is 3.44. The molecule has 0 aliphatic carbocycles. The third-order valence-corrected chi connectivity index (χ3v) is 5.16. The fraction of sp³-hybridized carbons (Fsp3) is 0.120. The van der Waals surface area contributed by atoms with E-state index >= 15 is 0 Å². The molecule has 1 heterocycles. The predicted octanol–water partition coefficient (Wildman–Crippen LogP) is 5.38. The normalized spacial score (nSPS) is 10.8. The molecule has 1 amide bonds. The number of anilines is 1. The highest BCUT2D eigenvalue weighted by atomic mass is 19.1. The second-order valence-electron chi connectivity index (χ2n) is 7.12. The molecule has 3 aromatic carbocycles. The first-order chi connectivity index (χ1) is 15.4. The molecule has 0 saturated heterocycles. The van der Waals surface area contributed by atoms with Crippen LogP contribution in [0.4, 0.5) is 10.1 Å². The Morgan fingerprint density at radius 3 is 2.38 bits per heavy atom. The van der Waals surface area contributed by atoms with E-state index in [9.17, 15) is 14.0 Å². The zero-order chi connectivity index (χ0) is 22.8. The molecule has 6 nitrogen and oxygen atoms in total. The average molecular weight is 433 g/mol. The van der Waals surface area contributed by atoms with Gasteiger partial charge in [0.05, 0.1) is 19.8 Å². The summed E-state index contributed by atoms with van der Waals surface area (Å²) < 4.78 is 29.5. The van der Waals surface area contributed by atoms with Crippen LogP contribution in [0.2, 0.25) is 0 Å². The van der Waals surface area contributed by atoms with Crippen molar-refractivity contribution in [2.75, 3.05) is 19.5 Å². The predicted molar refractivity (Wildman–Crippen MR) is 118 cm³/mol. The van der Waals surface area contributed by atoms with Crippen LogP contribution in [-0.2, 0) is 0 Å². The maximum atomic E-state index is 13.2. The summed E-state index contributed by atoms with van der Waals surface area (Å²) in [6, 6.07) is 15.3. The van der Waals surface area contributed by atoms with Gasteiger partial charge in [-0.1, -0.05) is 0 Å². The van der Waals surface area contributed by atoms with Crippen molar-refractivity contribution in [1.29, 1.82) is 0 Å². The Balaban J connectivity index is 1.66.